The van der Waals surface area contributed by atoms with E-state index >= 15 is 0 Å². The second-order valence-electron chi connectivity index (χ2n) is 5.78. The number of carbonyl (C=O) groups excluding carboxylic acids is 2. The number of carbonyl (C=O) groups is 2. The predicted octanol–water partition coefficient (Wildman–Crippen LogP) is 4.80. The molecule has 1 amide bonds. The summed E-state index contributed by atoms with van der Waals surface area (Å²) in [5.74, 6) is -3.02. The molecule has 0 spiro atoms. The lowest BCUT2D eigenvalue weighted by molar-refractivity contribution is -0.119. The van der Waals surface area contributed by atoms with Gasteiger partial charge in [0.15, 0.2) is 6.61 Å². The second-order valence-corrected chi connectivity index (χ2v) is 6.69. The van der Waals surface area contributed by atoms with E-state index in [1.165, 1.54) is 11.3 Å². The van der Waals surface area contributed by atoms with Gasteiger partial charge in [-0.05, 0) is 36.1 Å². The molecule has 0 unspecified atom stereocenters. The fourth-order valence-corrected chi connectivity index (χ4v) is 3.21. The molecule has 1 aromatic heterocycles. The van der Waals surface area contributed by atoms with Crippen molar-refractivity contribution in [2.45, 2.75) is 6.92 Å². The average Bonchev–Trinajstić information content (AvgIpc) is 3.12. The topological polar surface area (TPSA) is 55.4 Å². The number of hydrogen-bond acceptors (Lipinski definition) is 4. The number of amides is 1. The van der Waals surface area contributed by atoms with Gasteiger partial charge in [0.2, 0.25) is 0 Å². The molecule has 3 aromatic rings. The highest BCUT2D eigenvalue weighted by molar-refractivity contribution is 7.12. The standard InChI is InChI=1S/C20H15F2NO3S/c1-12-2-4-13(5-3-12)15-8-9-27-19(15)20(25)26-11-18(24)23-17-7-6-14(21)10-16(17)22/h2-10H,11H2,1H3,(H,23,24). The van der Waals surface area contributed by atoms with E-state index in [2.05, 4.69) is 5.32 Å². The molecule has 0 saturated heterocycles. The highest BCUT2D eigenvalue weighted by atomic mass is 32.1. The zero-order valence-electron chi connectivity index (χ0n) is 14.3. The van der Waals surface area contributed by atoms with Crippen LogP contribution in [0.1, 0.15) is 15.2 Å². The van der Waals surface area contributed by atoms with Crippen molar-refractivity contribution in [2.24, 2.45) is 0 Å². The van der Waals surface area contributed by atoms with E-state index in [9.17, 15) is 18.4 Å². The maximum Gasteiger partial charge on any atom is 0.349 e. The van der Waals surface area contributed by atoms with Crippen molar-refractivity contribution < 1.29 is 23.1 Å². The second kappa shape index (κ2) is 8.09. The van der Waals surface area contributed by atoms with Crippen LogP contribution < -0.4 is 5.32 Å². The van der Waals surface area contributed by atoms with Crippen molar-refractivity contribution in [3.63, 3.8) is 0 Å². The molecule has 2 aromatic carbocycles. The first-order chi connectivity index (χ1) is 12.9. The number of anilines is 1. The molecule has 27 heavy (non-hydrogen) atoms. The van der Waals surface area contributed by atoms with Crippen molar-refractivity contribution >= 4 is 28.9 Å². The minimum Gasteiger partial charge on any atom is -0.451 e. The number of esters is 1. The van der Waals surface area contributed by atoms with Gasteiger partial charge >= 0.3 is 5.97 Å². The van der Waals surface area contributed by atoms with Gasteiger partial charge in [-0.2, -0.15) is 0 Å². The fraction of sp³-hybridized carbons (Fsp3) is 0.100. The lowest BCUT2D eigenvalue weighted by atomic mass is 10.1. The Bertz CT molecular complexity index is 983. The van der Waals surface area contributed by atoms with Crippen LogP contribution in [0.15, 0.2) is 53.9 Å². The largest absolute Gasteiger partial charge is 0.451 e. The molecular formula is C20H15F2NO3S. The van der Waals surface area contributed by atoms with Crippen LogP contribution in [0.4, 0.5) is 14.5 Å². The van der Waals surface area contributed by atoms with Crippen molar-refractivity contribution in [1.29, 1.82) is 0 Å². The van der Waals surface area contributed by atoms with Crippen molar-refractivity contribution in [1.82, 2.24) is 0 Å². The molecule has 7 heteroatoms. The van der Waals surface area contributed by atoms with Gasteiger partial charge in [-0.1, -0.05) is 29.8 Å². The number of hydrogen-bond donors (Lipinski definition) is 1. The third-order valence-electron chi connectivity index (χ3n) is 3.75. The molecule has 0 saturated carbocycles. The number of nitrogens with one attached hydrogen (secondary N) is 1. The summed E-state index contributed by atoms with van der Waals surface area (Å²) in [5.41, 5.74) is 2.50. The molecule has 1 heterocycles. The van der Waals surface area contributed by atoms with E-state index in [1.54, 1.807) is 11.4 Å². The van der Waals surface area contributed by atoms with E-state index in [0.717, 1.165) is 28.8 Å². The van der Waals surface area contributed by atoms with Gasteiger partial charge < -0.3 is 10.1 Å². The molecule has 0 fully saturated rings. The Balaban J connectivity index is 1.64. The summed E-state index contributed by atoms with van der Waals surface area (Å²) >= 11 is 1.21. The Labute approximate surface area is 158 Å². The number of benzene rings is 2. The SMILES string of the molecule is Cc1ccc(-c2ccsc2C(=O)OCC(=O)Nc2ccc(F)cc2F)cc1. The number of ether oxygens (including phenoxy) is 1. The van der Waals surface area contributed by atoms with Crippen LogP contribution in [0.3, 0.4) is 0 Å². The highest BCUT2D eigenvalue weighted by Gasteiger charge is 2.18. The first-order valence-electron chi connectivity index (χ1n) is 8.00. The maximum absolute atomic E-state index is 13.5. The molecule has 3 rings (SSSR count). The molecule has 0 radical (unpaired) electrons. The summed E-state index contributed by atoms with van der Waals surface area (Å²) in [4.78, 5) is 24.6. The van der Waals surface area contributed by atoms with E-state index in [4.69, 9.17) is 4.74 Å². The molecule has 4 nitrogen and oxygen atoms in total. The molecular weight excluding hydrogens is 372 g/mol. The van der Waals surface area contributed by atoms with Gasteiger partial charge in [-0.25, -0.2) is 13.6 Å². The predicted molar refractivity (Wildman–Crippen MR) is 99.8 cm³/mol. The number of rotatable bonds is 5. The third kappa shape index (κ3) is 4.57. The molecule has 138 valence electrons. The van der Waals surface area contributed by atoms with Crippen LogP contribution in [0, 0.1) is 18.6 Å². The zero-order chi connectivity index (χ0) is 19.4. The minimum atomic E-state index is -0.908. The summed E-state index contributed by atoms with van der Waals surface area (Å²) in [5, 5.41) is 4.00. The summed E-state index contributed by atoms with van der Waals surface area (Å²) in [7, 11) is 0. The lowest BCUT2D eigenvalue weighted by Gasteiger charge is -2.08. The minimum absolute atomic E-state index is 0.186. The van der Waals surface area contributed by atoms with Crippen LogP contribution in [0.5, 0.6) is 0 Å². The normalized spacial score (nSPS) is 10.5. The number of halogens is 2. The van der Waals surface area contributed by atoms with E-state index in [-0.39, 0.29) is 5.69 Å². The quantitative estimate of drug-likeness (QED) is 0.640. The summed E-state index contributed by atoms with van der Waals surface area (Å²) < 4.78 is 31.4. The molecule has 0 aliphatic heterocycles. The van der Waals surface area contributed by atoms with Gasteiger partial charge in [0.05, 0.1) is 5.69 Å². The fourth-order valence-electron chi connectivity index (χ4n) is 2.40. The molecule has 0 aliphatic rings. The summed E-state index contributed by atoms with van der Waals surface area (Å²) in [6.45, 7) is 1.38. The van der Waals surface area contributed by atoms with Gasteiger partial charge in [-0.15, -0.1) is 11.3 Å². The van der Waals surface area contributed by atoms with Crippen LogP contribution >= 0.6 is 11.3 Å². The monoisotopic (exact) mass is 387 g/mol. The van der Waals surface area contributed by atoms with Gasteiger partial charge in [0.25, 0.3) is 5.91 Å². The zero-order valence-corrected chi connectivity index (χ0v) is 15.1. The summed E-state index contributed by atoms with van der Waals surface area (Å²) in [6.07, 6.45) is 0. The van der Waals surface area contributed by atoms with Crippen LogP contribution in [0.2, 0.25) is 0 Å². The first-order valence-corrected chi connectivity index (χ1v) is 8.88. The Morgan fingerprint density at radius 3 is 2.52 bits per heavy atom. The Hall–Kier alpha value is -3.06. The van der Waals surface area contributed by atoms with Crippen molar-refractivity contribution in [2.75, 3.05) is 11.9 Å². The number of aryl methyl sites for hydroxylation is 1. The third-order valence-corrected chi connectivity index (χ3v) is 4.65. The van der Waals surface area contributed by atoms with E-state index < -0.39 is 30.1 Å². The van der Waals surface area contributed by atoms with Crippen molar-refractivity contribution in [3.8, 4) is 11.1 Å². The van der Waals surface area contributed by atoms with Crippen molar-refractivity contribution in [3.05, 3.63) is 76.0 Å². The Kier molecular flexibility index (Phi) is 5.61. The molecule has 0 aliphatic carbocycles. The van der Waals surface area contributed by atoms with Gasteiger partial charge in [0.1, 0.15) is 16.5 Å². The molecule has 0 atom stereocenters. The first kappa shape index (κ1) is 18.7. The molecule has 1 N–H and O–H groups in total. The summed E-state index contributed by atoms with van der Waals surface area (Å²) in [6, 6.07) is 12.3. The van der Waals surface area contributed by atoms with Crippen LogP contribution in [-0.4, -0.2) is 18.5 Å². The van der Waals surface area contributed by atoms with E-state index in [1.807, 2.05) is 31.2 Å². The van der Waals surface area contributed by atoms with Gasteiger partial charge in [-0.3, -0.25) is 4.79 Å². The Morgan fingerprint density at radius 2 is 1.81 bits per heavy atom. The maximum atomic E-state index is 13.5. The highest BCUT2D eigenvalue weighted by Crippen LogP contribution is 2.29. The smallest absolute Gasteiger partial charge is 0.349 e. The van der Waals surface area contributed by atoms with E-state index in [0.29, 0.717) is 10.9 Å². The Morgan fingerprint density at radius 1 is 1.07 bits per heavy atom. The lowest BCUT2D eigenvalue weighted by Crippen LogP contribution is -2.21. The van der Waals surface area contributed by atoms with Crippen LogP contribution in [0.25, 0.3) is 11.1 Å². The number of thiophene rings is 1. The average molecular weight is 387 g/mol. The molecule has 0 bridgehead atoms. The van der Waals surface area contributed by atoms with Crippen LogP contribution in [-0.2, 0) is 9.53 Å². The van der Waals surface area contributed by atoms with Gasteiger partial charge in [0, 0.05) is 11.6 Å².